The number of phenols is 1. The van der Waals surface area contributed by atoms with Crippen molar-refractivity contribution in [2.24, 2.45) is 5.10 Å². The van der Waals surface area contributed by atoms with Crippen molar-refractivity contribution in [2.75, 3.05) is 18.0 Å². The average molecular weight is 536 g/mol. The third kappa shape index (κ3) is 6.95. The third-order valence-corrected chi connectivity index (χ3v) is 5.89. The van der Waals surface area contributed by atoms with Gasteiger partial charge in [0.05, 0.1) is 21.7 Å². The quantitative estimate of drug-likeness (QED) is 0.149. The van der Waals surface area contributed by atoms with Crippen molar-refractivity contribution in [2.45, 2.75) is 13.8 Å². The molecule has 10 nitrogen and oxygen atoms in total. The number of halogens is 1. The standard InChI is InChI=1S/C27H26ClN5O5/c1-3-32(4-2)20-14-12-18(13-15-20)16-23(30-26(35)21-9-5-6-10-22(21)28)27(36)31-29-17-19-8-7-11-24(25(19)34)33(37)38/h5-17,34H,3-4H2,1-2H3,(H,30,35)(H,31,36)/b23-16+,29-17?. The highest BCUT2D eigenvalue weighted by Gasteiger charge is 2.18. The second-order valence-corrected chi connectivity index (χ2v) is 8.33. The number of hydrogen-bond donors (Lipinski definition) is 3. The molecule has 0 saturated carbocycles. The zero-order valence-electron chi connectivity index (χ0n) is 20.7. The van der Waals surface area contributed by atoms with Crippen LogP contribution >= 0.6 is 11.6 Å². The predicted molar refractivity (Wildman–Crippen MR) is 147 cm³/mol. The third-order valence-electron chi connectivity index (χ3n) is 5.56. The monoisotopic (exact) mass is 535 g/mol. The number of amides is 2. The predicted octanol–water partition coefficient (Wildman–Crippen LogP) is 4.72. The molecule has 3 aromatic carbocycles. The Bertz CT molecular complexity index is 1380. The van der Waals surface area contributed by atoms with Crippen LogP contribution in [-0.2, 0) is 4.79 Å². The van der Waals surface area contributed by atoms with E-state index in [1.54, 1.807) is 18.2 Å². The summed E-state index contributed by atoms with van der Waals surface area (Å²) < 4.78 is 0. The maximum Gasteiger partial charge on any atom is 0.311 e. The minimum Gasteiger partial charge on any atom is -0.502 e. The molecule has 3 rings (SSSR count). The van der Waals surface area contributed by atoms with Crippen LogP contribution in [0, 0.1) is 10.1 Å². The molecule has 38 heavy (non-hydrogen) atoms. The molecule has 196 valence electrons. The molecule has 0 atom stereocenters. The van der Waals surface area contributed by atoms with Crippen molar-refractivity contribution < 1.29 is 19.6 Å². The number of carbonyl (C=O) groups is 2. The van der Waals surface area contributed by atoms with Crippen molar-refractivity contribution in [3.63, 3.8) is 0 Å². The van der Waals surface area contributed by atoms with Gasteiger partial charge in [-0.15, -0.1) is 0 Å². The average Bonchev–Trinajstić information content (AvgIpc) is 2.90. The number of hydrazone groups is 1. The van der Waals surface area contributed by atoms with Gasteiger partial charge in [0.25, 0.3) is 11.8 Å². The summed E-state index contributed by atoms with van der Waals surface area (Å²) in [5.74, 6) is -1.96. The second-order valence-electron chi connectivity index (χ2n) is 7.93. The first kappa shape index (κ1) is 27.9. The fraction of sp³-hybridized carbons (Fsp3) is 0.148. The number of anilines is 1. The van der Waals surface area contributed by atoms with Crippen molar-refractivity contribution in [1.82, 2.24) is 10.7 Å². The lowest BCUT2D eigenvalue weighted by Gasteiger charge is -2.21. The molecule has 0 aliphatic rings. The molecule has 0 aliphatic carbocycles. The number of rotatable bonds is 10. The fourth-order valence-corrected chi connectivity index (χ4v) is 3.77. The van der Waals surface area contributed by atoms with Crippen LogP contribution in [0.4, 0.5) is 11.4 Å². The Morgan fingerprint density at radius 3 is 2.37 bits per heavy atom. The van der Waals surface area contributed by atoms with Gasteiger partial charge < -0.3 is 15.3 Å². The van der Waals surface area contributed by atoms with Gasteiger partial charge in [-0.25, -0.2) is 5.43 Å². The summed E-state index contributed by atoms with van der Waals surface area (Å²) in [5.41, 5.74) is 3.51. The smallest absolute Gasteiger partial charge is 0.311 e. The molecule has 3 N–H and O–H groups in total. The Labute approximate surface area is 224 Å². The number of nitro groups is 1. The van der Waals surface area contributed by atoms with Gasteiger partial charge in [0.2, 0.25) is 5.75 Å². The van der Waals surface area contributed by atoms with Gasteiger partial charge in [-0.3, -0.25) is 19.7 Å². The van der Waals surface area contributed by atoms with E-state index in [1.807, 2.05) is 24.3 Å². The highest BCUT2D eigenvalue weighted by atomic mass is 35.5. The minimum absolute atomic E-state index is 0.0251. The van der Waals surface area contributed by atoms with Crippen LogP contribution in [0.25, 0.3) is 6.08 Å². The molecular formula is C27H26ClN5O5. The topological polar surface area (TPSA) is 137 Å². The second kappa shape index (κ2) is 13.0. The molecule has 0 radical (unpaired) electrons. The van der Waals surface area contributed by atoms with Gasteiger partial charge in [0.1, 0.15) is 5.70 Å². The van der Waals surface area contributed by atoms with Crippen LogP contribution in [0.3, 0.4) is 0 Å². The summed E-state index contributed by atoms with van der Waals surface area (Å²) >= 11 is 6.14. The first-order valence-corrected chi connectivity index (χ1v) is 12.0. The van der Waals surface area contributed by atoms with E-state index < -0.39 is 28.2 Å². The normalized spacial score (nSPS) is 11.3. The highest BCUT2D eigenvalue weighted by Crippen LogP contribution is 2.28. The summed E-state index contributed by atoms with van der Waals surface area (Å²) in [5, 5.41) is 27.7. The lowest BCUT2D eigenvalue weighted by molar-refractivity contribution is -0.385. The number of phenolic OH excluding ortho intramolecular Hbond substituents is 1. The van der Waals surface area contributed by atoms with Gasteiger partial charge in [-0.2, -0.15) is 5.10 Å². The molecule has 11 heteroatoms. The fourth-order valence-electron chi connectivity index (χ4n) is 3.55. The maximum atomic E-state index is 13.0. The Kier molecular flexibility index (Phi) is 9.55. The lowest BCUT2D eigenvalue weighted by Crippen LogP contribution is -2.33. The van der Waals surface area contributed by atoms with E-state index in [2.05, 4.69) is 34.6 Å². The summed E-state index contributed by atoms with van der Waals surface area (Å²) in [4.78, 5) is 38.3. The van der Waals surface area contributed by atoms with Crippen LogP contribution in [0.1, 0.15) is 35.3 Å². The van der Waals surface area contributed by atoms with E-state index in [9.17, 15) is 24.8 Å². The maximum absolute atomic E-state index is 13.0. The van der Waals surface area contributed by atoms with Crippen LogP contribution in [0.15, 0.2) is 77.5 Å². The van der Waals surface area contributed by atoms with Crippen LogP contribution in [0.2, 0.25) is 5.02 Å². The van der Waals surface area contributed by atoms with Crippen LogP contribution in [-0.4, -0.2) is 41.1 Å². The van der Waals surface area contributed by atoms with Crippen molar-refractivity contribution >= 4 is 47.1 Å². The SMILES string of the molecule is CCN(CC)c1ccc(/C=C(/NC(=O)c2ccccc2Cl)C(=O)NN=Cc2cccc([N+](=O)[O-])c2O)cc1. The summed E-state index contributed by atoms with van der Waals surface area (Å²) in [6.07, 6.45) is 2.54. The lowest BCUT2D eigenvalue weighted by atomic mass is 10.1. The molecule has 0 heterocycles. The van der Waals surface area contributed by atoms with Gasteiger partial charge in [-0.1, -0.05) is 41.9 Å². The van der Waals surface area contributed by atoms with Gasteiger partial charge in [-0.05, 0) is 55.8 Å². The van der Waals surface area contributed by atoms with Crippen LogP contribution in [0.5, 0.6) is 5.75 Å². The highest BCUT2D eigenvalue weighted by molar-refractivity contribution is 6.34. The molecule has 0 fully saturated rings. The van der Waals surface area contributed by atoms with Gasteiger partial charge in [0.15, 0.2) is 0 Å². The van der Waals surface area contributed by atoms with E-state index in [1.165, 1.54) is 24.3 Å². The number of carbonyl (C=O) groups excluding carboxylic acids is 2. The molecule has 3 aromatic rings. The van der Waals surface area contributed by atoms with Gasteiger partial charge >= 0.3 is 5.69 Å². The van der Waals surface area contributed by atoms with Crippen molar-refractivity contribution in [3.05, 3.63) is 104 Å². The molecule has 2 amide bonds. The number of para-hydroxylation sites is 1. The molecule has 0 aromatic heterocycles. The van der Waals surface area contributed by atoms with Crippen LogP contribution < -0.4 is 15.6 Å². The van der Waals surface area contributed by atoms with E-state index in [0.29, 0.717) is 5.56 Å². The number of nitrogens with zero attached hydrogens (tertiary/aromatic N) is 3. The summed E-state index contributed by atoms with van der Waals surface area (Å²) in [6.45, 7) is 5.78. The Morgan fingerprint density at radius 2 is 1.74 bits per heavy atom. The molecule has 0 aliphatic heterocycles. The molecular weight excluding hydrogens is 510 g/mol. The van der Waals surface area contributed by atoms with E-state index in [4.69, 9.17) is 11.6 Å². The van der Waals surface area contributed by atoms with Crippen molar-refractivity contribution in [1.29, 1.82) is 0 Å². The van der Waals surface area contributed by atoms with E-state index >= 15 is 0 Å². The molecule has 0 bridgehead atoms. The minimum atomic E-state index is -0.764. The number of benzene rings is 3. The first-order chi connectivity index (χ1) is 18.2. The molecule has 0 saturated heterocycles. The zero-order valence-corrected chi connectivity index (χ0v) is 21.5. The zero-order chi connectivity index (χ0) is 27.7. The Hall–Kier alpha value is -4.70. The Morgan fingerprint density at radius 1 is 1.05 bits per heavy atom. The summed E-state index contributed by atoms with van der Waals surface area (Å²) in [7, 11) is 0. The number of aromatic hydroxyl groups is 1. The van der Waals surface area contributed by atoms with Crippen molar-refractivity contribution in [3.8, 4) is 5.75 Å². The number of nitrogens with one attached hydrogen (secondary N) is 2. The Balaban J connectivity index is 1.88. The van der Waals surface area contributed by atoms with Gasteiger partial charge in [0, 0.05) is 30.4 Å². The number of nitro benzene ring substituents is 1. The molecule has 0 unspecified atom stereocenters. The molecule has 0 spiro atoms. The largest absolute Gasteiger partial charge is 0.502 e. The summed E-state index contributed by atoms with van der Waals surface area (Å²) in [6, 6.07) is 17.8. The van der Waals surface area contributed by atoms with E-state index in [0.717, 1.165) is 31.1 Å². The first-order valence-electron chi connectivity index (χ1n) is 11.7. The number of hydrogen-bond acceptors (Lipinski definition) is 7. The van der Waals surface area contributed by atoms with E-state index in [-0.39, 0.29) is 21.8 Å².